The number of nitrogens with zero attached hydrogens (tertiary/aromatic N) is 1. The summed E-state index contributed by atoms with van der Waals surface area (Å²) in [4.78, 5) is 1.38. The normalized spacial score (nSPS) is 10.3. The van der Waals surface area contributed by atoms with E-state index >= 15 is 0 Å². The molecular weight excluding hydrogens is 288 g/mol. The second-order valence-corrected chi connectivity index (χ2v) is 6.20. The second-order valence-electron chi connectivity index (χ2n) is 5.06. The molecule has 0 saturated heterocycles. The first kappa shape index (κ1) is 16.7. The zero-order valence-corrected chi connectivity index (χ0v) is 14.4. The number of fused-ring (bicyclic) bond motifs is 1. The average molecular weight is 312 g/mol. The monoisotopic (exact) mass is 312 g/mol. The lowest BCUT2D eigenvalue weighted by atomic mass is 10.2. The molecule has 0 radical (unpaired) electrons. The van der Waals surface area contributed by atoms with Gasteiger partial charge in [-0.05, 0) is 44.5 Å². The summed E-state index contributed by atoms with van der Waals surface area (Å²) in [5, 5.41) is 4.10. The third-order valence-electron chi connectivity index (χ3n) is 3.17. The molecule has 3 rings (SSSR count). The van der Waals surface area contributed by atoms with Crippen molar-refractivity contribution >= 4 is 22.7 Å². The van der Waals surface area contributed by atoms with Crippen LogP contribution in [0.1, 0.15) is 13.3 Å². The summed E-state index contributed by atoms with van der Waals surface area (Å²) in [6.07, 6.45) is 3.47. The third kappa shape index (κ3) is 3.93. The average Bonchev–Trinajstić information content (AvgIpc) is 2.93. The van der Waals surface area contributed by atoms with Gasteiger partial charge in [-0.2, -0.15) is 0 Å². The van der Waals surface area contributed by atoms with E-state index in [0.29, 0.717) is 0 Å². The highest BCUT2D eigenvalue weighted by molar-refractivity contribution is 7.99. The Morgan fingerprint density at radius 3 is 2.27 bits per heavy atom. The molecular formula is C19H24N2S. The Kier molecular flexibility index (Phi) is 6.56. The first-order valence-electron chi connectivity index (χ1n) is 7.68. The smallest absolute Gasteiger partial charge is 0.0540 e. The summed E-state index contributed by atoms with van der Waals surface area (Å²) in [7, 11) is 3.75. The summed E-state index contributed by atoms with van der Waals surface area (Å²) in [5.41, 5.74) is 2.51. The summed E-state index contributed by atoms with van der Waals surface area (Å²) >= 11 is 1.94. The molecule has 0 atom stereocenters. The van der Waals surface area contributed by atoms with Crippen LogP contribution in [-0.2, 0) is 0 Å². The maximum absolute atomic E-state index is 2.75. The van der Waals surface area contributed by atoms with Crippen LogP contribution in [0.15, 0.2) is 65.7 Å². The maximum atomic E-state index is 2.75. The van der Waals surface area contributed by atoms with Crippen LogP contribution >= 0.6 is 11.8 Å². The molecule has 0 aliphatic rings. The minimum Gasteiger partial charge on any atom is -0.323 e. The lowest BCUT2D eigenvalue weighted by molar-refractivity contribution is 1.02. The van der Waals surface area contributed by atoms with Crippen molar-refractivity contribution < 1.29 is 0 Å². The molecule has 1 heterocycles. The highest BCUT2D eigenvalue weighted by Gasteiger charge is 2.09. The fourth-order valence-electron chi connectivity index (χ4n) is 2.28. The first-order chi connectivity index (χ1) is 10.8. The predicted octanol–water partition coefficient (Wildman–Crippen LogP) is 4.97. The Morgan fingerprint density at radius 2 is 1.59 bits per heavy atom. The van der Waals surface area contributed by atoms with Crippen molar-refractivity contribution in [2.75, 3.05) is 19.8 Å². The zero-order valence-electron chi connectivity index (χ0n) is 13.5. The summed E-state index contributed by atoms with van der Waals surface area (Å²) in [6.45, 7) is 2.23. The topological polar surface area (TPSA) is 17.0 Å². The van der Waals surface area contributed by atoms with E-state index in [2.05, 4.69) is 77.6 Å². The van der Waals surface area contributed by atoms with Crippen molar-refractivity contribution in [3.63, 3.8) is 0 Å². The Bertz CT molecular complexity index is 689. The fourth-order valence-corrected chi connectivity index (χ4v) is 3.21. The number of thioether (sulfide) groups is 1. The molecule has 3 aromatic rings. The van der Waals surface area contributed by atoms with E-state index in [1.807, 2.05) is 25.9 Å². The molecule has 1 aromatic heterocycles. The van der Waals surface area contributed by atoms with E-state index in [-0.39, 0.29) is 0 Å². The molecule has 116 valence electrons. The Labute approximate surface area is 137 Å². The second kappa shape index (κ2) is 8.66. The van der Waals surface area contributed by atoms with Crippen LogP contribution in [0.2, 0.25) is 0 Å². The van der Waals surface area contributed by atoms with Gasteiger partial charge in [0.05, 0.1) is 5.52 Å². The van der Waals surface area contributed by atoms with Gasteiger partial charge >= 0.3 is 0 Å². The highest BCUT2D eigenvalue weighted by Crippen LogP contribution is 2.32. The van der Waals surface area contributed by atoms with Crippen LogP contribution < -0.4 is 5.32 Å². The van der Waals surface area contributed by atoms with Crippen molar-refractivity contribution in [1.29, 1.82) is 0 Å². The van der Waals surface area contributed by atoms with E-state index < -0.39 is 0 Å². The third-order valence-corrected chi connectivity index (χ3v) is 4.42. The first-order valence-corrected chi connectivity index (χ1v) is 8.67. The molecule has 0 fully saturated rings. The minimum atomic E-state index is 1.17. The molecule has 3 heteroatoms. The zero-order chi connectivity index (χ0) is 15.8. The van der Waals surface area contributed by atoms with Crippen molar-refractivity contribution in [2.24, 2.45) is 0 Å². The van der Waals surface area contributed by atoms with Crippen LogP contribution in [0.5, 0.6) is 0 Å². The van der Waals surface area contributed by atoms with Gasteiger partial charge in [0.2, 0.25) is 0 Å². The van der Waals surface area contributed by atoms with Crippen LogP contribution in [0.4, 0.5) is 0 Å². The molecule has 1 N–H and O–H groups in total. The van der Waals surface area contributed by atoms with Gasteiger partial charge in [-0.3, -0.25) is 0 Å². The standard InChI is InChI=1S/C17H17NS.C2H7N/c1-2-12-19-17-13-18(14-8-4-3-5-9-14)16-11-7-6-10-15(16)17;1-3-2/h3-11,13H,2,12H2,1H3;3H,1-2H3. The Morgan fingerprint density at radius 1 is 0.955 bits per heavy atom. The van der Waals surface area contributed by atoms with E-state index in [1.165, 1.54) is 33.7 Å². The van der Waals surface area contributed by atoms with Gasteiger partial charge in [-0.25, -0.2) is 0 Å². The minimum absolute atomic E-state index is 1.17. The Balaban J connectivity index is 0.000000545. The number of hydrogen-bond donors (Lipinski definition) is 1. The van der Waals surface area contributed by atoms with Crippen molar-refractivity contribution in [3.8, 4) is 5.69 Å². The summed E-state index contributed by atoms with van der Waals surface area (Å²) in [6, 6.07) is 19.2. The maximum Gasteiger partial charge on any atom is 0.0540 e. The molecule has 0 amide bonds. The van der Waals surface area contributed by atoms with Gasteiger partial charge in [-0.15, -0.1) is 11.8 Å². The SMILES string of the molecule is CCCSc1cn(-c2ccccc2)c2ccccc12.CNC. The largest absolute Gasteiger partial charge is 0.323 e. The molecule has 2 nitrogen and oxygen atoms in total. The Hall–Kier alpha value is -1.71. The van der Waals surface area contributed by atoms with Gasteiger partial charge in [0, 0.05) is 22.2 Å². The van der Waals surface area contributed by atoms with Gasteiger partial charge in [0.1, 0.15) is 0 Å². The lowest BCUT2D eigenvalue weighted by Crippen LogP contribution is -1.90. The molecule has 0 aliphatic heterocycles. The molecule has 0 unspecified atom stereocenters. The van der Waals surface area contributed by atoms with Crippen molar-refractivity contribution in [2.45, 2.75) is 18.2 Å². The van der Waals surface area contributed by atoms with E-state index in [1.54, 1.807) is 0 Å². The summed E-state index contributed by atoms with van der Waals surface area (Å²) < 4.78 is 2.29. The lowest BCUT2D eigenvalue weighted by Gasteiger charge is -2.04. The van der Waals surface area contributed by atoms with E-state index in [0.717, 1.165) is 0 Å². The van der Waals surface area contributed by atoms with Gasteiger partial charge in [0.15, 0.2) is 0 Å². The van der Waals surface area contributed by atoms with E-state index in [9.17, 15) is 0 Å². The quantitative estimate of drug-likeness (QED) is 0.685. The van der Waals surface area contributed by atoms with Gasteiger partial charge in [0.25, 0.3) is 0 Å². The highest BCUT2D eigenvalue weighted by atomic mass is 32.2. The number of hydrogen-bond acceptors (Lipinski definition) is 2. The fraction of sp³-hybridized carbons (Fsp3) is 0.263. The van der Waals surface area contributed by atoms with Crippen LogP contribution in [-0.4, -0.2) is 24.4 Å². The van der Waals surface area contributed by atoms with Crippen LogP contribution in [0.3, 0.4) is 0 Å². The number of aromatic nitrogens is 1. The molecule has 0 saturated carbocycles. The van der Waals surface area contributed by atoms with E-state index in [4.69, 9.17) is 0 Å². The number of nitrogens with one attached hydrogen (secondary N) is 1. The van der Waals surface area contributed by atoms with Crippen molar-refractivity contribution in [1.82, 2.24) is 9.88 Å². The van der Waals surface area contributed by atoms with Gasteiger partial charge < -0.3 is 9.88 Å². The molecule has 22 heavy (non-hydrogen) atoms. The predicted molar refractivity (Wildman–Crippen MR) is 99.3 cm³/mol. The number of rotatable bonds is 4. The molecule has 0 spiro atoms. The molecule has 0 aliphatic carbocycles. The number of benzene rings is 2. The number of para-hydroxylation sites is 2. The molecule has 2 aromatic carbocycles. The van der Waals surface area contributed by atoms with Gasteiger partial charge in [-0.1, -0.05) is 43.3 Å². The van der Waals surface area contributed by atoms with Crippen molar-refractivity contribution in [3.05, 3.63) is 60.8 Å². The van der Waals surface area contributed by atoms with Crippen LogP contribution in [0.25, 0.3) is 16.6 Å². The molecule has 0 bridgehead atoms. The summed E-state index contributed by atoms with van der Waals surface area (Å²) in [5.74, 6) is 1.17. The van der Waals surface area contributed by atoms with Crippen LogP contribution in [0, 0.1) is 0 Å².